The van der Waals surface area contributed by atoms with Gasteiger partial charge in [0.2, 0.25) is 0 Å². The average Bonchev–Trinajstić information content (AvgIpc) is 3.01. The van der Waals surface area contributed by atoms with Gasteiger partial charge in [-0.1, -0.05) is 6.07 Å². The number of hydrogen-bond donors (Lipinski definition) is 1. The van der Waals surface area contributed by atoms with Crippen LogP contribution < -0.4 is 10.1 Å². The Morgan fingerprint density at radius 3 is 2.83 bits per heavy atom. The molecule has 2 aliphatic rings. The molecule has 2 saturated heterocycles. The third-order valence-electron chi connectivity index (χ3n) is 4.53. The topological polar surface area (TPSA) is 61.9 Å². The van der Waals surface area contributed by atoms with Crippen LogP contribution in [0.25, 0.3) is 0 Å². The predicted molar refractivity (Wildman–Crippen MR) is 86.2 cm³/mol. The van der Waals surface area contributed by atoms with Gasteiger partial charge in [0, 0.05) is 31.7 Å². The lowest BCUT2D eigenvalue weighted by Crippen LogP contribution is -2.49. The lowest BCUT2D eigenvalue weighted by molar-refractivity contribution is -0.132. The molecule has 1 atom stereocenters. The van der Waals surface area contributed by atoms with E-state index >= 15 is 0 Å². The minimum atomic E-state index is -0.805. The molecule has 2 aliphatic heterocycles. The van der Waals surface area contributed by atoms with Crippen LogP contribution >= 0.6 is 0 Å². The number of nitrogens with one attached hydrogen (secondary N) is 1. The predicted octanol–water partition coefficient (Wildman–Crippen LogP) is 1.61. The van der Waals surface area contributed by atoms with Crippen LogP contribution in [0.15, 0.2) is 24.3 Å². The Morgan fingerprint density at radius 2 is 2.17 bits per heavy atom. The molecule has 130 valence electrons. The first-order chi connectivity index (χ1) is 11.4. The number of likely N-dealkylation sites (tertiary alicyclic amines) is 1. The van der Waals surface area contributed by atoms with Crippen molar-refractivity contribution in [2.75, 3.05) is 26.2 Å². The zero-order valence-corrected chi connectivity index (χ0v) is 13.9. The van der Waals surface area contributed by atoms with Gasteiger partial charge in [0.1, 0.15) is 23.7 Å². The lowest BCUT2D eigenvalue weighted by atomic mass is 9.99. The Hall–Kier alpha value is -2.15. The van der Waals surface area contributed by atoms with Crippen LogP contribution in [0.1, 0.15) is 20.3 Å². The van der Waals surface area contributed by atoms with Crippen LogP contribution in [-0.2, 0) is 4.79 Å². The maximum absolute atomic E-state index is 13.1. The highest BCUT2D eigenvalue weighted by Gasteiger charge is 2.55. The summed E-state index contributed by atoms with van der Waals surface area (Å²) in [6.45, 7) is 5.86. The Bertz CT molecular complexity index is 652. The Morgan fingerprint density at radius 1 is 1.38 bits per heavy atom. The first-order valence-corrected chi connectivity index (χ1v) is 8.18. The highest BCUT2D eigenvalue weighted by molar-refractivity contribution is 6.07. The van der Waals surface area contributed by atoms with Gasteiger partial charge in [-0.3, -0.25) is 14.6 Å². The number of carbonyl (C=O) groups is 2. The molecular formula is C17H22FN3O3. The van der Waals surface area contributed by atoms with Gasteiger partial charge >= 0.3 is 6.03 Å². The Balaban J connectivity index is 1.54. The molecule has 1 N–H and O–H groups in total. The third kappa shape index (κ3) is 3.08. The summed E-state index contributed by atoms with van der Waals surface area (Å²) in [4.78, 5) is 28.0. The number of amides is 3. The SMILES string of the molecule is CC(C)N1C(=O)NC2(CCN(CCOc3cccc(F)c3)C2)C1=O. The van der Waals surface area contributed by atoms with E-state index in [9.17, 15) is 14.0 Å². The van der Waals surface area contributed by atoms with E-state index in [1.165, 1.54) is 17.0 Å². The minimum Gasteiger partial charge on any atom is -0.492 e. The van der Waals surface area contributed by atoms with Crippen molar-refractivity contribution >= 4 is 11.9 Å². The standard InChI is InChI=1S/C17H22FN3O3/c1-12(2)21-15(22)17(19-16(21)23)6-7-20(11-17)8-9-24-14-5-3-4-13(18)10-14/h3-5,10,12H,6-9,11H2,1-2H3,(H,19,23). The Kier molecular flexibility index (Phi) is 4.45. The van der Waals surface area contributed by atoms with Crippen molar-refractivity contribution in [3.05, 3.63) is 30.1 Å². The average molecular weight is 335 g/mol. The molecule has 3 rings (SSSR count). The molecule has 2 heterocycles. The van der Waals surface area contributed by atoms with Gasteiger partial charge in [0.25, 0.3) is 5.91 Å². The molecule has 0 bridgehead atoms. The zero-order chi connectivity index (χ0) is 17.3. The van der Waals surface area contributed by atoms with Gasteiger partial charge in [-0.15, -0.1) is 0 Å². The summed E-state index contributed by atoms with van der Waals surface area (Å²) in [6, 6.07) is 5.55. The largest absolute Gasteiger partial charge is 0.492 e. The van der Waals surface area contributed by atoms with Crippen molar-refractivity contribution in [1.29, 1.82) is 0 Å². The molecule has 2 fully saturated rings. The van der Waals surface area contributed by atoms with Gasteiger partial charge < -0.3 is 10.1 Å². The molecule has 1 aromatic rings. The summed E-state index contributed by atoms with van der Waals surface area (Å²) >= 11 is 0. The highest BCUT2D eigenvalue weighted by atomic mass is 19.1. The summed E-state index contributed by atoms with van der Waals surface area (Å²) in [5, 5.41) is 2.86. The molecule has 24 heavy (non-hydrogen) atoms. The summed E-state index contributed by atoms with van der Waals surface area (Å²) in [7, 11) is 0. The van der Waals surface area contributed by atoms with E-state index in [-0.39, 0.29) is 23.8 Å². The van der Waals surface area contributed by atoms with Crippen LogP contribution in [0, 0.1) is 5.82 Å². The molecule has 6 nitrogen and oxygen atoms in total. The Labute approximate surface area is 140 Å². The van der Waals surface area contributed by atoms with Gasteiger partial charge in [-0.05, 0) is 32.4 Å². The number of imide groups is 1. The van der Waals surface area contributed by atoms with E-state index in [1.54, 1.807) is 12.1 Å². The number of hydrogen-bond acceptors (Lipinski definition) is 4. The molecule has 0 saturated carbocycles. The molecule has 1 aromatic carbocycles. The van der Waals surface area contributed by atoms with E-state index in [1.807, 2.05) is 13.8 Å². The lowest BCUT2D eigenvalue weighted by Gasteiger charge is -2.23. The van der Waals surface area contributed by atoms with Crippen molar-refractivity contribution in [2.24, 2.45) is 0 Å². The van der Waals surface area contributed by atoms with Crippen LogP contribution in [0.3, 0.4) is 0 Å². The number of halogens is 1. The smallest absolute Gasteiger partial charge is 0.325 e. The molecule has 7 heteroatoms. The fourth-order valence-electron chi connectivity index (χ4n) is 3.32. The summed E-state index contributed by atoms with van der Waals surface area (Å²) in [5.74, 6) is 0.0110. The molecule has 1 spiro atoms. The number of rotatable bonds is 5. The number of carbonyl (C=O) groups excluding carboxylic acids is 2. The molecule has 0 radical (unpaired) electrons. The summed E-state index contributed by atoms with van der Waals surface area (Å²) in [6.07, 6.45) is 0.598. The normalized spacial score (nSPS) is 24.2. The van der Waals surface area contributed by atoms with Crippen molar-refractivity contribution in [1.82, 2.24) is 15.1 Å². The van der Waals surface area contributed by atoms with E-state index < -0.39 is 5.54 Å². The van der Waals surface area contributed by atoms with Crippen LogP contribution in [-0.4, -0.2) is 59.6 Å². The van der Waals surface area contributed by atoms with Crippen LogP contribution in [0.2, 0.25) is 0 Å². The first-order valence-electron chi connectivity index (χ1n) is 8.18. The molecule has 3 amide bonds. The van der Waals surface area contributed by atoms with Gasteiger partial charge in [0.05, 0.1) is 0 Å². The third-order valence-corrected chi connectivity index (χ3v) is 4.53. The van der Waals surface area contributed by atoms with Crippen molar-refractivity contribution in [2.45, 2.75) is 31.8 Å². The van der Waals surface area contributed by atoms with Gasteiger partial charge in [-0.25, -0.2) is 9.18 Å². The maximum Gasteiger partial charge on any atom is 0.325 e. The first kappa shape index (κ1) is 16.7. The summed E-state index contributed by atoms with van der Waals surface area (Å²) in [5.41, 5.74) is -0.805. The van der Waals surface area contributed by atoms with E-state index in [0.29, 0.717) is 38.4 Å². The summed E-state index contributed by atoms with van der Waals surface area (Å²) < 4.78 is 18.6. The van der Waals surface area contributed by atoms with Crippen molar-refractivity contribution < 1.29 is 18.7 Å². The van der Waals surface area contributed by atoms with Crippen molar-refractivity contribution in [3.8, 4) is 5.75 Å². The van der Waals surface area contributed by atoms with E-state index in [2.05, 4.69) is 10.2 Å². The fraction of sp³-hybridized carbons (Fsp3) is 0.529. The molecule has 1 unspecified atom stereocenters. The number of benzene rings is 1. The maximum atomic E-state index is 13.1. The number of nitrogens with zero attached hydrogens (tertiary/aromatic N) is 2. The minimum absolute atomic E-state index is 0.143. The highest BCUT2D eigenvalue weighted by Crippen LogP contribution is 2.29. The van der Waals surface area contributed by atoms with Crippen molar-refractivity contribution in [3.63, 3.8) is 0 Å². The second kappa shape index (κ2) is 6.39. The van der Waals surface area contributed by atoms with Gasteiger partial charge in [0.15, 0.2) is 0 Å². The number of ether oxygens (including phenoxy) is 1. The van der Waals surface area contributed by atoms with E-state index in [0.717, 1.165) is 0 Å². The van der Waals surface area contributed by atoms with Gasteiger partial charge in [-0.2, -0.15) is 0 Å². The second-order valence-electron chi connectivity index (χ2n) is 6.61. The van der Waals surface area contributed by atoms with Crippen LogP contribution in [0.4, 0.5) is 9.18 Å². The zero-order valence-electron chi connectivity index (χ0n) is 13.9. The quantitative estimate of drug-likeness (QED) is 0.831. The van der Waals surface area contributed by atoms with Crippen LogP contribution in [0.5, 0.6) is 5.75 Å². The molecule has 0 aliphatic carbocycles. The molecule has 0 aromatic heterocycles. The monoisotopic (exact) mass is 335 g/mol. The molecular weight excluding hydrogens is 313 g/mol. The number of urea groups is 1. The fourth-order valence-corrected chi connectivity index (χ4v) is 3.32. The van der Waals surface area contributed by atoms with E-state index in [4.69, 9.17) is 4.74 Å². The second-order valence-corrected chi connectivity index (χ2v) is 6.61.